The quantitative estimate of drug-likeness (QED) is 0.673. The van der Waals surface area contributed by atoms with Crippen molar-refractivity contribution in [3.8, 4) is 0 Å². The van der Waals surface area contributed by atoms with Crippen LogP contribution in [0.25, 0.3) is 0 Å². The van der Waals surface area contributed by atoms with Crippen LogP contribution in [0.1, 0.15) is 28.8 Å². The summed E-state index contributed by atoms with van der Waals surface area (Å²) in [6, 6.07) is 16.6. The van der Waals surface area contributed by atoms with Gasteiger partial charge in [0.2, 0.25) is 0 Å². The molecule has 0 aliphatic carbocycles. The highest BCUT2D eigenvalue weighted by Gasteiger charge is 2.04. The van der Waals surface area contributed by atoms with E-state index in [2.05, 4.69) is 10.5 Å². The average molecular weight is 287 g/mol. The number of carbonyl (C=O) groups excluding carboxylic acids is 1. The number of rotatable bonds is 4. The Morgan fingerprint density at radius 2 is 1.80 bits per heavy atom. The van der Waals surface area contributed by atoms with Crippen LogP contribution in [0.3, 0.4) is 0 Å². The van der Waals surface area contributed by atoms with Gasteiger partial charge in [0.15, 0.2) is 0 Å². The van der Waals surface area contributed by atoms with Crippen molar-refractivity contribution < 1.29 is 4.79 Å². The van der Waals surface area contributed by atoms with Crippen molar-refractivity contribution in [2.45, 2.75) is 12.8 Å². The molecule has 1 N–H and O–H groups in total. The summed E-state index contributed by atoms with van der Waals surface area (Å²) in [4.78, 5) is 11.8. The fraction of sp³-hybridized carbons (Fsp3) is 0.125. The second kappa shape index (κ2) is 6.87. The summed E-state index contributed by atoms with van der Waals surface area (Å²) in [5.41, 5.74) is 4.18. The smallest absolute Gasteiger partial charge is 0.267 e. The summed E-state index contributed by atoms with van der Waals surface area (Å²) in [5.74, 6) is -0.111. The van der Waals surface area contributed by atoms with Crippen molar-refractivity contribution in [2.75, 3.05) is 0 Å². The maximum absolute atomic E-state index is 11.8. The summed E-state index contributed by atoms with van der Waals surface area (Å²) in [6.45, 7) is 2.02. The molecular formula is C16H15ClN2O. The first-order valence-corrected chi connectivity index (χ1v) is 6.68. The molecule has 2 rings (SSSR count). The lowest BCUT2D eigenvalue weighted by atomic mass is 10.0. The highest BCUT2D eigenvalue weighted by atomic mass is 35.5. The molecule has 0 aliphatic heterocycles. The van der Waals surface area contributed by atoms with E-state index in [0.29, 0.717) is 10.6 Å². The normalized spacial score (nSPS) is 12.3. The van der Waals surface area contributed by atoms with Gasteiger partial charge in [0.1, 0.15) is 0 Å². The van der Waals surface area contributed by atoms with E-state index in [1.807, 2.05) is 37.3 Å². The molecular weight excluding hydrogens is 272 g/mol. The summed E-state index contributed by atoms with van der Waals surface area (Å²) < 4.78 is 0. The van der Waals surface area contributed by atoms with Crippen molar-refractivity contribution >= 4 is 23.7 Å². The van der Waals surface area contributed by atoms with Crippen LogP contribution in [0.2, 0.25) is 5.02 Å². The molecule has 0 aromatic heterocycles. The van der Waals surface area contributed by atoms with Gasteiger partial charge in [-0.2, -0.15) is 5.10 Å². The summed E-state index contributed by atoms with van der Waals surface area (Å²) >= 11 is 5.77. The first-order chi connectivity index (χ1) is 9.66. The number of nitrogens with zero attached hydrogens (tertiary/aromatic N) is 1. The van der Waals surface area contributed by atoms with Gasteiger partial charge in [-0.15, -0.1) is 0 Å². The minimum Gasteiger partial charge on any atom is -0.267 e. The number of hydrogen-bond acceptors (Lipinski definition) is 2. The Balaban J connectivity index is 1.93. The maximum atomic E-state index is 11.8. The van der Waals surface area contributed by atoms with Gasteiger partial charge >= 0.3 is 0 Å². The lowest BCUT2D eigenvalue weighted by Crippen LogP contribution is -2.17. The molecule has 3 nitrogen and oxygen atoms in total. The van der Waals surface area contributed by atoms with Crippen LogP contribution in [0.15, 0.2) is 59.7 Å². The molecule has 0 heterocycles. The third kappa shape index (κ3) is 3.93. The van der Waals surface area contributed by atoms with Gasteiger partial charge in [-0.05, 0) is 29.8 Å². The largest absolute Gasteiger partial charge is 0.271 e. The summed E-state index contributed by atoms with van der Waals surface area (Å²) in [7, 11) is 0. The second-order valence-corrected chi connectivity index (χ2v) is 4.86. The Kier molecular flexibility index (Phi) is 4.91. The number of hydrogen-bond donors (Lipinski definition) is 1. The monoisotopic (exact) mass is 286 g/mol. The summed E-state index contributed by atoms with van der Waals surface area (Å²) in [5, 5.41) is 4.59. The highest BCUT2D eigenvalue weighted by molar-refractivity contribution is 6.30. The zero-order chi connectivity index (χ0) is 14.4. The van der Waals surface area contributed by atoms with Gasteiger partial charge in [0, 0.05) is 22.7 Å². The Morgan fingerprint density at radius 1 is 1.15 bits per heavy atom. The first kappa shape index (κ1) is 14.3. The minimum absolute atomic E-state index is 0.140. The Labute approximate surface area is 123 Å². The zero-order valence-electron chi connectivity index (χ0n) is 11.1. The van der Waals surface area contributed by atoms with Crippen molar-refractivity contribution in [3.05, 3.63) is 70.7 Å². The van der Waals surface area contributed by atoms with Crippen LogP contribution >= 0.6 is 11.6 Å². The molecule has 0 saturated heterocycles. The van der Waals surface area contributed by atoms with Crippen LogP contribution < -0.4 is 5.43 Å². The molecule has 0 radical (unpaired) electrons. The van der Waals surface area contributed by atoms with Gasteiger partial charge < -0.3 is 0 Å². The maximum Gasteiger partial charge on any atom is 0.271 e. The number of amides is 1. The molecule has 20 heavy (non-hydrogen) atoms. The van der Waals surface area contributed by atoms with E-state index < -0.39 is 0 Å². The van der Waals surface area contributed by atoms with Crippen molar-refractivity contribution in [1.29, 1.82) is 0 Å². The number of hydrazone groups is 1. The molecule has 0 spiro atoms. The number of carbonyl (C=O) groups is 1. The molecule has 1 atom stereocenters. The molecule has 1 amide bonds. The minimum atomic E-state index is -0.252. The molecule has 0 aliphatic rings. The molecule has 0 unspecified atom stereocenters. The first-order valence-electron chi connectivity index (χ1n) is 6.31. The van der Waals surface area contributed by atoms with Crippen molar-refractivity contribution in [3.63, 3.8) is 0 Å². The third-order valence-corrected chi connectivity index (χ3v) is 3.15. The van der Waals surface area contributed by atoms with E-state index in [4.69, 9.17) is 11.6 Å². The van der Waals surface area contributed by atoms with Crippen molar-refractivity contribution in [1.82, 2.24) is 5.43 Å². The Bertz CT molecular complexity index is 594. The predicted molar refractivity (Wildman–Crippen MR) is 82.3 cm³/mol. The fourth-order valence-electron chi connectivity index (χ4n) is 1.72. The van der Waals surface area contributed by atoms with Crippen LogP contribution in [0, 0.1) is 0 Å². The van der Waals surface area contributed by atoms with Gasteiger partial charge in [0.25, 0.3) is 5.91 Å². The van der Waals surface area contributed by atoms with E-state index in [1.54, 1.807) is 30.5 Å². The van der Waals surface area contributed by atoms with Gasteiger partial charge in [-0.25, -0.2) is 5.43 Å². The molecule has 0 saturated carbocycles. The van der Waals surface area contributed by atoms with Gasteiger partial charge in [0.05, 0.1) is 0 Å². The van der Waals surface area contributed by atoms with Crippen LogP contribution in [0.4, 0.5) is 0 Å². The van der Waals surface area contributed by atoms with E-state index in [9.17, 15) is 4.79 Å². The van der Waals surface area contributed by atoms with Gasteiger partial charge in [-0.1, -0.05) is 48.9 Å². The Morgan fingerprint density at radius 3 is 2.45 bits per heavy atom. The van der Waals surface area contributed by atoms with Crippen molar-refractivity contribution in [2.24, 2.45) is 5.10 Å². The van der Waals surface area contributed by atoms with E-state index in [1.165, 1.54) is 0 Å². The van der Waals surface area contributed by atoms with E-state index in [0.717, 1.165) is 5.56 Å². The molecule has 2 aromatic carbocycles. The standard InChI is InChI=1S/C16H15ClN2O/c1-12(13-5-3-2-4-6-13)11-18-19-16(20)14-7-9-15(17)10-8-14/h2-12H,1H3,(H,19,20)/b18-11-/t12-/m0/s1. The Hall–Kier alpha value is -2.13. The zero-order valence-corrected chi connectivity index (χ0v) is 11.8. The average Bonchev–Trinajstić information content (AvgIpc) is 2.48. The van der Waals surface area contributed by atoms with E-state index >= 15 is 0 Å². The predicted octanol–water partition coefficient (Wildman–Crippen LogP) is 3.86. The summed E-state index contributed by atoms with van der Waals surface area (Å²) in [6.07, 6.45) is 1.71. The van der Waals surface area contributed by atoms with Crippen LogP contribution in [-0.2, 0) is 0 Å². The lowest BCUT2D eigenvalue weighted by molar-refractivity contribution is 0.0955. The molecule has 102 valence electrons. The topological polar surface area (TPSA) is 41.5 Å². The van der Waals surface area contributed by atoms with Crippen LogP contribution in [-0.4, -0.2) is 12.1 Å². The van der Waals surface area contributed by atoms with Crippen LogP contribution in [0.5, 0.6) is 0 Å². The molecule has 2 aromatic rings. The molecule has 0 bridgehead atoms. The van der Waals surface area contributed by atoms with E-state index in [-0.39, 0.29) is 11.8 Å². The number of halogens is 1. The lowest BCUT2D eigenvalue weighted by Gasteiger charge is -2.05. The van der Waals surface area contributed by atoms with Gasteiger partial charge in [-0.3, -0.25) is 4.79 Å². The number of benzene rings is 2. The highest BCUT2D eigenvalue weighted by Crippen LogP contribution is 2.12. The number of nitrogens with one attached hydrogen (secondary N) is 1. The molecule has 0 fully saturated rings. The fourth-order valence-corrected chi connectivity index (χ4v) is 1.84. The third-order valence-electron chi connectivity index (χ3n) is 2.90. The SMILES string of the molecule is C[C@@H](/C=N\NC(=O)c1ccc(Cl)cc1)c1ccccc1. The second-order valence-electron chi connectivity index (χ2n) is 4.43. The molecule has 4 heteroatoms.